The Morgan fingerprint density at radius 2 is 1.94 bits per heavy atom. The number of carbonyl (C=O) groups is 1. The van der Waals surface area contributed by atoms with Crippen molar-refractivity contribution in [3.05, 3.63) is 80.7 Å². The van der Waals surface area contributed by atoms with Gasteiger partial charge in [-0.3, -0.25) is 9.59 Å². The number of carbonyl (C=O) groups excluding carboxylic acids is 1. The number of halogens is 1. The van der Waals surface area contributed by atoms with E-state index in [0.717, 1.165) is 28.8 Å². The number of furan rings is 1. The van der Waals surface area contributed by atoms with Gasteiger partial charge in [-0.1, -0.05) is 36.7 Å². The number of hydrogen-bond acceptors (Lipinski definition) is 5. The van der Waals surface area contributed by atoms with E-state index in [1.54, 1.807) is 31.2 Å². The molecular weight excluding hydrogens is 442 g/mol. The third-order valence-electron chi connectivity index (χ3n) is 5.53. The van der Waals surface area contributed by atoms with E-state index in [2.05, 4.69) is 5.32 Å². The monoisotopic (exact) mass is 465 g/mol. The van der Waals surface area contributed by atoms with E-state index in [4.69, 9.17) is 25.2 Å². The van der Waals surface area contributed by atoms with Crippen LogP contribution in [-0.4, -0.2) is 12.0 Å². The highest BCUT2D eigenvalue weighted by atomic mass is 35.5. The summed E-state index contributed by atoms with van der Waals surface area (Å²) in [5.41, 5.74) is 3.40. The Hall–Kier alpha value is -3.51. The second kappa shape index (κ2) is 9.16. The van der Waals surface area contributed by atoms with Gasteiger partial charge in [0.05, 0.1) is 11.6 Å². The Kier molecular flexibility index (Phi) is 6.29. The Balaban J connectivity index is 1.74. The maximum absolute atomic E-state index is 13.4. The van der Waals surface area contributed by atoms with Gasteiger partial charge < -0.3 is 18.9 Å². The summed E-state index contributed by atoms with van der Waals surface area (Å²) < 4.78 is 17.4. The number of amides is 1. The minimum Gasteiger partial charge on any atom is -0.473 e. The molecule has 33 heavy (non-hydrogen) atoms. The molecule has 0 spiro atoms. The molecule has 0 saturated heterocycles. The van der Waals surface area contributed by atoms with Gasteiger partial charge in [0.2, 0.25) is 16.9 Å². The first-order valence-electron chi connectivity index (χ1n) is 10.7. The van der Waals surface area contributed by atoms with Crippen LogP contribution in [0.15, 0.2) is 62.4 Å². The summed E-state index contributed by atoms with van der Waals surface area (Å²) in [7, 11) is 0. The second-order valence-electron chi connectivity index (χ2n) is 7.88. The molecule has 2 aromatic heterocycles. The number of rotatable bonds is 6. The zero-order chi connectivity index (χ0) is 23.7. The molecule has 1 atom stereocenters. The molecule has 170 valence electrons. The van der Waals surface area contributed by atoms with Crippen LogP contribution in [0.1, 0.15) is 30.5 Å². The van der Waals surface area contributed by atoms with Crippen molar-refractivity contribution in [3.63, 3.8) is 0 Å². The third kappa shape index (κ3) is 4.39. The molecule has 0 radical (unpaired) electrons. The number of fused-ring (bicyclic) bond motifs is 1. The van der Waals surface area contributed by atoms with Crippen molar-refractivity contribution in [2.24, 2.45) is 0 Å². The molecule has 1 amide bonds. The number of aryl methyl sites for hydroxylation is 3. The zero-order valence-electron chi connectivity index (χ0n) is 18.8. The molecule has 0 aliphatic carbocycles. The average molecular weight is 466 g/mol. The summed E-state index contributed by atoms with van der Waals surface area (Å²) in [6.45, 7) is 7.35. The van der Waals surface area contributed by atoms with Gasteiger partial charge in [-0.2, -0.15) is 0 Å². The van der Waals surface area contributed by atoms with Crippen molar-refractivity contribution >= 4 is 34.2 Å². The standard InChI is InChI=1S/C26H24ClNO5/c1-5-17-9-6-8-14(2)22(17)28-26(30)16(4)32-25-23(29)18-13-19(27)15(3)12-21(18)33-24(25)20-10-7-11-31-20/h6-13,16H,5H2,1-4H3,(H,28,30). The summed E-state index contributed by atoms with van der Waals surface area (Å²) in [6.07, 6.45) is 1.25. The van der Waals surface area contributed by atoms with Crippen molar-refractivity contribution in [3.8, 4) is 17.3 Å². The van der Waals surface area contributed by atoms with Crippen LogP contribution in [0, 0.1) is 13.8 Å². The molecule has 0 saturated carbocycles. The normalized spacial score (nSPS) is 12.0. The van der Waals surface area contributed by atoms with Crippen LogP contribution in [0.5, 0.6) is 5.75 Å². The quantitative estimate of drug-likeness (QED) is 0.361. The van der Waals surface area contributed by atoms with Crippen molar-refractivity contribution in [2.45, 2.75) is 40.2 Å². The lowest BCUT2D eigenvalue weighted by molar-refractivity contribution is -0.122. The highest BCUT2D eigenvalue weighted by Gasteiger charge is 2.25. The summed E-state index contributed by atoms with van der Waals surface area (Å²) in [5, 5.41) is 3.63. The number of benzene rings is 2. The second-order valence-corrected chi connectivity index (χ2v) is 8.28. The maximum Gasteiger partial charge on any atom is 0.265 e. The van der Waals surface area contributed by atoms with Gasteiger partial charge in [0.15, 0.2) is 11.9 Å². The molecule has 0 bridgehead atoms. The average Bonchev–Trinajstić information content (AvgIpc) is 3.33. The summed E-state index contributed by atoms with van der Waals surface area (Å²) >= 11 is 6.24. The minimum absolute atomic E-state index is 0.111. The lowest BCUT2D eigenvalue weighted by atomic mass is 10.1. The molecule has 1 unspecified atom stereocenters. The first-order valence-corrected chi connectivity index (χ1v) is 11.0. The lowest BCUT2D eigenvalue weighted by Gasteiger charge is -2.18. The fourth-order valence-corrected chi connectivity index (χ4v) is 3.80. The van der Waals surface area contributed by atoms with Gasteiger partial charge in [0.1, 0.15) is 5.58 Å². The Labute approximate surface area is 196 Å². The van der Waals surface area contributed by atoms with Gasteiger partial charge in [0, 0.05) is 10.7 Å². The van der Waals surface area contributed by atoms with Crippen molar-refractivity contribution in [1.82, 2.24) is 0 Å². The fourth-order valence-electron chi connectivity index (χ4n) is 3.63. The minimum atomic E-state index is -0.982. The van der Waals surface area contributed by atoms with Crippen LogP contribution in [-0.2, 0) is 11.2 Å². The van der Waals surface area contributed by atoms with Crippen molar-refractivity contribution < 1.29 is 18.4 Å². The fraction of sp³-hybridized carbons (Fsp3) is 0.231. The van der Waals surface area contributed by atoms with Crippen molar-refractivity contribution in [2.75, 3.05) is 5.32 Å². The predicted molar refractivity (Wildman–Crippen MR) is 129 cm³/mol. The smallest absolute Gasteiger partial charge is 0.265 e. The maximum atomic E-state index is 13.4. The van der Waals surface area contributed by atoms with Crippen LogP contribution in [0.4, 0.5) is 5.69 Å². The van der Waals surface area contributed by atoms with E-state index in [0.29, 0.717) is 16.4 Å². The molecular formula is C26H24ClNO5. The van der Waals surface area contributed by atoms with Gasteiger partial charge in [0.25, 0.3) is 5.91 Å². The molecule has 0 aliphatic rings. The highest BCUT2D eigenvalue weighted by Crippen LogP contribution is 2.33. The van der Waals surface area contributed by atoms with Gasteiger partial charge in [-0.15, -0.1) is 0 Å². The highest BCUT2D eigenvalue weighted by molar-refractivity contribution is 6.32. The van der Waals surface area contributed by atoms with Crippen LogP contribution in [0.2, 0.25) is 5.02 Å². The largest absolute Gasteiger partial charge is 0.473 e. The summed E-state index contributed by atoms with van der Waals surface area (Å²) in [4.78, 5) is 26.4. The Bertz CT molecular complexity index is 1390. The summed E-state index contributed by atoms with van der Waals surface area (Å²) in [5.74, 6) is -0.0632. The molecule has 2 aromatic carbocycles. The van der Waals surface area contributed by atoms with E-state index in [1.807, 2.05) is 39.0 Å². The van der Waals surface area contributed by atoms with E-state index < -0.39 is 11.5 Å². The van der Waals surface area contributed by atoms with E-state index in [9.17, 15) is 9.59 Å². The van der Waals surface area contributed by atoms with Crippen LogP contribution in [0.25, 0.3) is 22.5 Å². The number of nitrogens with one attached hydrogen (secondary N) is 1. The van der Waals surface area contributed by atoms with Crippen LogP contribution in [0.3, 0.4) is 0 Å². The molecule has 6 nitrogen and oxygen atoms in total. The molecule has 2 heterocycles. The molecule has 1 N–H and O–H groups in total. The molecule has 4 rings (SSSR count). The van der Waals surface area contributed by atoms with E-state index in [1.165, 1.54) is 6.26 Å². The lowest BCUT2D eigenvalue weighted by Crippen LogP contribution is -2.32. The van der Waals surface area contributed by atoms with Gasteiger partial charge >= 0.3 is 0 Å². The van der Waals surface area contributed by atoms with E-state index in [-0.39, 0.29) is 22.8 Å². The van der Waals surface area contributed by atoms with Gasteiger partial charge in [-0.25, -0.2) is 0 Å². The number of hydrogen-bond donors (Lipinski definition) is 1. The van der Waals surface area contributed by atoms with Crippen LogP contribution >= 0.6 is 11.6 Å². The molecule has 7 heteroatoms. The zero-order valence-corrected chi connectivity index (χ0v) is 19.6. The molecule has 4 aromatic rings. The Morgan fingerprint density at radius 3 is 2.64 bits per heavy atom. The topological polar surface area (TPSA) is 81.7 Å². The number of para-hydroxylation sites is 1. The Morgan fingerprint density at radius 1 is 1.15 bits per heavy atom. The first kappa shape index (κ1) is 22.7. The SMILES string of the molecule is CCc1cccc(C)c1NC(=O)C(C)Oc1c(-c2ccco2)oc2cc(C)c(Cl)cc2c1=O. The molecule has 0 aliphatic heterocycles. The third-order valence-corrected chi connectivity index (χ3v) is 5.93. The van der Waals surface area contributed by atoms with Crippen LogP contribution < -0.4 is 15.5 Å². The van der Waals surface area contributed by atoms with Gasteiger partial charge in [-0.05, 0) is 68.1 Å². The van der Waals surface area contributed by atoms with E-state index >= 15 is 0 Å². The predicted octanol–water partition coefficient (Wildman–Crippen LogP) is 6.29. The number of anilines is 1. The van der Waals surface area contributed by atoms with Crippen molar-refractivity contribution in [1.29, 1.82) is 0 Å². The first-order chi connectivity index (χ1) is 15.8. The number of ether oxygens (including phenoxy) is 1. The molecule has 0 fully saturated rings. The summed E-state index contributed by atoms with van der Waals surface area (Å²) in [6, 6.07) is 12.4.